The summed E-state index contributed by atoms with van der Waals surface area (Å²) < 4.78 is 0. The Bertz CT molecular complexity index is 3080. The molecule has 0 saturated heterocycles. The summed E-state index contributed by atoms with van der Waals surface area (Å²) in [7, 11) is 0. The molecule has 0 aliphatic heterocycles. The van der Waals surface area contributed by atoms with Gasteiger partial charge in [-0.25, -0.2) is 9.97 Å². The van der Waals surface area contributed by atoms with E-state index in [1.54, 1.807) is 0 Å². The minimum atomic E-state index is 0.891. The Kier molecular flexibility index (Phi) is 11.0. The molecule has 0 saturated carbocycles. The quantitative estimate of drug-likeness (QED) is 0.137. The van der Waals surface area contributed by atoms with Gasteiger partial charge in [-0.3, -0.25) is 0 Å². The molecule has 0 N–H and O–H groups in total. The van der Waals surface area contributed by atoms with Gasteiger partial charge in [-0.2, -0.15) is 0 Å². The van der Waals surface area contributed by atoms with Gasteiger partial charge in [0.2, 0.25) is 0 Å². The van der Waals surface area contributed by atoms with E-state index in [0.717, 1.165) is 67.3 Å². The first kappa shape index (κ1) is 40.1. The third kappa shape index (κ3) is 8.64. The first-order chi connectivity index (χ1) is 32.7. The van der Waals surface area contributed by atoms with Crippen LogP contribution in [-0.2, 0) is 0 Å². The van der Waals surface area contributed by atoms with Gasteiger partial charge in [0.25, 0.3) is 0 Å². The highest BCUT2D eigenvalue weighted by atomic mass is 14.7. The van der Waals surface area contributed by atoms with Crippen molar-refractivity contribution in [1.29, 1.82) is 0 Å². The first-order valence-electron chi connectivity index (χ1n) is 22.5. The average Bonchev–Trinajstić information content (AvgIpc) is 3.42. The Morgan fingerprint density at radius 2 is 0.318 bits per heavy atom. The van der Waals surface area contributed by atoms with E-state index >= 15 is 0 Å². The molecule has 66 heavy (non-hydrogen) atoms. The number of benzene rings is 9. The van der Waals surface area contributed by atoms with E-state index in [2.05, 4.69) is 267 Å². The summed E-state index contributed by atoms with van der Waals surface area (Å²) in [6.45, 7) is 0. The van der Waals surface area contributed by atoms with Gasteiger partial charge in [-0.05, 0) is 133 Å². The summed E-state index contributed by atoms with van der Waals surface area (Å²) in [6.07, 6.45) is 0. The van der Waals surface area contributed by atoms with Crippen LogP contribution in [-0.4, -0.2) is 9.97 Å². The zero-order valence-corrected chi connectivity index (χ0v) is 36.3. The standard InChI is InChI=1S/C64H44N2/c1-7-20-45(21-8-1)53-35-54(46-22-9-2-10-23-46)38-57(37-53)59-41-61(49-28-15-5-16-29-49)65-63(43-59)51-32-19-33-52(34-51)64-44-60(42-62(66-64)50-30-17-6-18-31-50)58-39-55(47-24-11-3-12-25-47)36-56(40-58)48-26-13-4-14-27-48/h1-44H. The molecule has 9 aromatic carbocycles. The van der Waals surface area contributed by atoms with E-state index in [1.807, 2.05) is 0 Å². The molecular weight excluding hydrogens is 797 g/mol. The van der Waals surface area contributed by atoms with E-state index in [1.165, 1.54) is 44.5 Å². The molecule has 310 valence electrons. The fourth-order valence-electron chi connectivity index (χ4n) is 8.82. The number of nitrogens with zero attached hydrogens (tertiary/aromatic N) is 2. The van der Waals surface area contributed by atoms with Crippen molar-refractivity contribution in [2.24, 2.45) is 0 Å². The van der Waals surface area contributed by atoms with Crippen molar-refractivity contribution in [2.45, 2.75) is 0 Å². The summed E-state index contributed by atoms with van der Waals surface area (Å²) in [4.78, 5) is 10.8. The molecule has 0 spiro atoms. The predicted molar refractivity (Wildman–Crippen MR) is 276 cm³/mol. The molecular formula is C64H44N2. The Hall–Kier alpha value is -8.72. The highest BCUT2D eigenvalue weighted by Crippen LogP contribution is 2.39. The zero-order chi connectivity index (χ0) is 44.1. The lowest BCUT2D eigenvalue weighted by Crippen LogP contribution is -1.94. The molecule has 0 atom stereocenters. The van der Waals surface area contributed by atoms with Gasteiger partial charge in [-0.1, -0.05) is 200 Å². The molecule has 0 aliphatic rings. The van der Waals surface area contributed by atoms with Crippen LogP contribution in [0.3, 0.4) is 0 Å². The van der Waals surface area contributed by atoms with Crippen LogP contribution >= 0.6 is 0 Å². The molecule has 2 heterocycles. The van der Waals surface area contributed by atoms with Crippen molar-refractivity contribution in [3.8, 4) is 112 Å². The number of hydrogen-bond acceptors (Lipinski definition) is 2. The second-order valence-electron chi connectivity index (χ2n) is 16.6. The van der Waals surface area contributed by atoms with E-state index in [9.17, 15) is 0 Å². The summed E-state index contributed by atoms with van der Waals surface area (Å²) in [5, 5.41) is 0. The van der Waals surface area contributed by atoms with Crippen LogP contribution in [0.15, 0.2) is 267 Å². The number of hydrogen-bond donors (Lipinski definition) is 0. The topological polar surface area (TPSA) is 25.8 Å². The Morgan fingerprint density at radius 1 is 0.136 bits per heavy atom. The fourth-order valence-corrected chi connectivity index (χ4v) is 8.82. The lowest BCUT2D eigenvalue weighted by Gasteiger charge is -2.15. The Balaban J connectivity index is 1.07. The minimum absolute atomic E-state index is 0.891. The van der Waals surface area contributed by atoms with Crippen LogP contribution in [0.2, 0.25) is 0 Å². The molecule has 0 fully saturated rings. The van der Waals surface area contributed by atoms with Crippen molar-refractivity contribution in [2.75, 3.05) is 0 Å². The van der Waals surface area contributed by atoms with Crippen molar-refractivity contribution in [3.05, 3.63) is 267 Å². The van der Waals surface area contributed by atoms with Crippen LogP contribution in [0.5, 0.6) is 0 Å². The first-order valence-corrected chi connectivity index (χ1v) is 22.5. The lowest BCUT2D eigenvalue weighted by atomic mass is 9.91. The summed E-state index contributed by atoms with van der Waals surface area (Å²) in [6, 6.07) is 95.0. The highest BCUT2D eigenvalue weighted by molar-refractivity contribution is 5.87. The normalized spacial score (nSPS) is 11.0. The highest BCUT2D eigenvalue weighted by Gasteiger charge is 2.16. The van der Waals surface area contributed by atoms with Crippen molar-refractivity contribution in [1.82, 2.24) is 9.97 Å². The second kappa shape index (κ2) is 18.2. The zero-order valence-electron chi connectivity index (χ0n) is 36.3. The van der Waals surface area contributed by atoms with Gasteiger partial charge in [0, 0.05) is 22.3 Å². The largest absolute Gasteiger partial charge is 0.248 e. The number of aromatic nitrogens is 2. The van der Waals surface area contributed by atoms with Gasteiger partial charge in [0.15, 0.2) is 0 Å². The molecule has 2 nitrogen and oxygen atoms in total. The third-order valence-electron chi connectivity index (χ3n) is 12.2. The molecule has 11 rings (SSSR count). The molecule has 11 aromatic rings. The van der Waals surface area contributed by atoms with Gasteiger partial charge >= 0.3 is 0 Å². The maximum atomic E-state index is 5.38. The summed E-state index contributed by atoms with van der Waals surface area (Å²) in [5.74, 6) is 0. The number of pyridine rings is 2. The SMILES string of the molecule is c1ccc(-c2cc(-c3ccccc3)cc(-c3cc(-c4ccccc4)nc(-c4cccc(-c5cc(-c6cc(-c7ccccc7)cc(-c7ccccc7)c6)cc(-c6ccccc6)n5)c4)c3)c2)cc1. The van der Waals surface area contributed by atoms with Gasteiger partial charge in [0.05, 0.1) is 22.8 Å². The Morgan fingerprint density at radius 3 is 0.591 bits per heavy atom. The van der Waals surface area contributed by atoms with Crippen molar-refractivity contribution < 1.29 is 0 Å². The fraction of sp³-hybridized carbons (Fsp3) is 0. The maximum Gasteiger partial charge on any atom is 0.0715 e. The predicted octanol–water partition coefficient (Wildman–Crippen LogP) is 17.1. The molecule has 0 radical (unpaired) electrons. The van der Waals surface area contributed by atoms with Gasteiger partial charge in [-0.15, -0.1) is 0 Å². The lowest BCUT2D eigenvalue weighted by molar-refractivity contribution is 1.31. The molecule has 0 unspecified atom stereocenters. The second-order valence-corrected chi connectivity index (χ2v) is 16.6. The van der Waals surface area contributed by atoms with Crippen LogP contribution in [0.4, 0.5) is 0 Å². The third-order valence-corrected chi connectivity index (χ3v) is 12.2. The average molecular weight is 841 g/mol. The van der Waals surface area contributed by atoms with Crippen LogP contribution in [0.25, 0.3) is 112 Å². The molecule has 0 bridgehead atoms. The summed E-state index contributed by atoms with van der Waals surface area (Å²) in [5.41, 5.74) is 21.6. The van der Waals surface area contributed by atoms with Crippen molar-refractivity contribution in [3.63, 3.8) is 0 Å². The van der Waals surface area contributed by atoms with Gasteiger partial charge in [0.1, 0.15) is 0 Å². The maximum absolute atomic E-state index is 5.38. The molecule has 0 amide bonds. The van der Waals surface area contributed by atoms with Crippen LogP contribution in [0, 0.1) is 0 Å². The van der Waals surface area contributed by atoms with E-state index in [-0.39, 0.29) is 0 Å². The Labute approximate surface area is 386 Å². The van der Waals surface area contributed by atoms with E-state index in [4.69, 9.17) is 9.97 Å². The molecule has 0 aliphatic carbocycles. The van der Waals surface area contributed by atoms with E-state index < -0.39 is 0 Å². The number of rotatable bonds is 10. The summed E-state index contributed by atoms with van der Waals surface area (Å²) >= 11 is 0. The minimum Gasteiger partial charge on any atom is -0.248 e. The van der Waals surface area contributed by atoms with Crippen molar-refractivity contribution >= 4 is 0 Å². The molecule has 2 heteroatoms. The van der Waals surface area contributed by atoms with E-state index in [0.29, 0.717) is 0 Å². The smallest absolute Gasteiger partial charge is 0.0715 e. The van der Waals surface area contributed by atoms with Crippen LogP contribution < -0.4 is 0 Å². The van der Waals surface area contributed by atoms with Gasteiger partial charge < -0.3 is 0 Å². The molecule has 2 aromatic heterocycles. The van der Waals surface area contributed by atoms with Crippen LogP contribution in [0.1, 0.15) is 0 Å². The monoisotopic (exact) mass is 840 g/mol.